The molecule has 1 heterocycles. The monoisotopic (exact) mass is 282 g/mol. The molecule has 0 bridgehead atoms. The summed E-state index contributed by atoms with van der Waals surface area (Å²) in [7, 11) is 0. The topological polar surface area (TPSA) is 34.9 Å². The zero-order valence-electron chi connectivity index (χ0n) is 11.7. The summed E-state index contributed by atoms with van der Waals surface area (Å²) in [5.41, 5.74) is 2.13. The lowest BCUT2D eigenvalue weighted by atomic mass is 10.0. The Morgan fingerprint density at radius 1 is 1.19 bits per heavy atom. The van der Waals surface area contributed by atoms with Crippen LogP contribution in [0, 0.1) is 5.82 Å². The molecule has 4 heteroatoms. The number of carbonyl (C=O) groups is 1. The van der Waals surface area contributed by atoms with Crippen molar-refractivity contribution in [2.24, 2.45) is 0 Å². The molecule has 0 unspecified atom stereocenters. The van der Waals surface area contributed by atoms with E-state index in [9.17, 15) is 9.18 Å². The standard InChI is InChI=1S/C17H15FN2O/c1-2-20-16-9-4-3-8-14(16)15(19-20)11-17(21)12-6-5-7-13(18)10-12/h3-10H,2,11H2,1H3. The predicted molar refractivity (Wildman–Crippen MR) is 79.8 cm³/mol. The smallest absolute Gasteiger partial charge is 0.169 e. The van der Waals surface area contributed by atoms with Crippen LogP contribution in [0.5, 0.6) is 0 Å². The van der Waals surface area contributed by atoms with Crippen molar-refractivity contribution in [3.63, 3.8) is 0 Å². The Kier molecular flexibility index (Phi) is 3.52. The summed E-state index contributed by atoms with van der Waals surface area (Å²) in [4.78, 5) is 12.3. The number of ketones is 1. The van der Waals surface area contributed by atoms with Gasteiger partial charge in [0.25, 0.3) is 0 Å². The minimum absolute atomic E-state index is 0.124. The Hall–Kier alpha value is -2.49. The van der Waals surface area contributed by atoms with Gasteiger partial charge in [-0.1, -0.05) is 30.3 Å². The number of aryl methyl sites for hydroxylation is 1. The van der Waals surface area contributed by atoms with E-state index in [1.807, 2.05) is 35.9 Å². The molecular weight excluding hydrogens is 267 g/mol. The van der Waals surface area contributed by atoms with Crippen LogP contribution in [-0.4, -0.2) is 15.6 Å². The molecule has 1 aromatic heterocycles. The van der Waals surface area contributed by atoms with E-state index in [-0.39, 0.29) is 12.2 Å². The van der Waals surface area contributed by atoms with Gasteiger partial charge in [0.1, 0.15) is 5.82 Å². The molecule has 0 spiro atoms. The molecule has 0 atom stereocenters. The number of halogens is 1. The first-order valence-corrected chi connectivity index (χ1v) is 6.92. The second kappa shape index (κ2) is 5.48. The molecule has 0 N–H and O–H groups in total. The highest BCUT2D eigenvalue weighted by molar-refractivity contribution is 5.99. The van der Waals surface area contributed by atoms with Crippen LogP contribution in [0.2, 0.25) is 0 Å². The lowest BCUT2D eigenvalue weighted by Crippen LogP contribution is -2.05. The molecule has 0 fully saturated rings. The van der Waals surface area contributed by atoms with Crippen LogP contribution in [0.1, 0.15) is 23.0 Å². The van der Waals surface area contributed by atoms with Crippen LogP contribution in [0.15, 0.2) is 48.5 Å². The summed E-state index contributed by atoms with van der Waals surface area (Å²) in [5.74, 6) is -0.522. The number of benzene rings is 2. The molecular formula is C17H15FN2O. The molecule has 3 aromatic rings. The second-order valence-corrected chi connectivity index (χ2v) is 4.89. The van der Waals surface area contributed by atoms with Gasteiger partial charge in [-0.3, -0.25) is 9.48 Å². The van der Waals surface area contributed by atoms with E-state index >= 15 is 0 Å². The third-order valence-corrected chi connectivity index (χ3v) is 3.51. The molecule has 0 saturated carbocycles. The molecule has 21 heavy (non-hydrogen) atoms. The maximum atomic E-state index is 13.2. The van der Waals surface area contributed by atoms with Crippen LogP contribution >= 0.6 is 0 Å². The van der Waals surface area contributed by atoms with E-state index in [1.54, 1.807) is 12.1 Å². The van der Waals surface area contributed by atoms with Crippen LogP contribution in [0.4, 0.5) is 4.39 Å². The predicted octanol–water partition coefficient (Wildman–Crippen LogP) is 3.62. The fourth-order valence-corrected chi connectivity index (χ4v) is 2.48. The maximum absolute atomic E-state index is 13.2. The summed E-state index contributed by atoms with van der Waals surface area (Å²) in [6.07, 6.45) is 0.178. The quantitative estimate of drug-likeness (QED) is 0.685. The first-order chi connectivity index (χ1) is 10.2. The number of rotatable bonds is 4. The summed E-state index contributed by atoms with van der Waals surface area (Å²) in [5, 5.41) is 5.47. The van der Waals surface area contributed by atoms with E-state index in [1.165, 1.54) is 12.1 Å². The van der Waals surface area contributed by atoms with Crippen molar-refractivity contribution in [1.82, 2.24) is 9.78 Å². The van der Waals surface area contributed by atoms with E-state index in [4.69, 9.17) is 0 Å². The van der Waals surface area contributed by atoms with Gasteiger partial charge in [0.05, 0.1) is 17.6 Å². The summed E-state index contributed by atoms with van der Waals surface area (Å²) in [6.45, 7) is 2.76. The Labute approximate surface area is 122 Å². The average Bonchev–Trinajstić information content (AvgIpc) is 2.85. The molecule has 2 aromatic carbocycles. The summed E-state index contributed by atoms with van der Waals surface area (Å²) < 4.78 is 15.1. The zero-order valence-corrected chi connectivity index (χ0v) is 11.7. The van der Waals surface area contributed by atoms with Gasteiger partial charge in [0.15, 0.2) is 5.78 Å². The fourth-order valence-electron chi connectivity index (χ4n) is 2.48. The van der Waals surface area contributed by atoms with Crippen molar-refractivity contribution in [1.29, 1.82) is 0 Å². The number of hydrogen-bond acceptors (Lipinski definition) is 2. The van der Waals surface area contributed by atoms with Gasteiger partial charge in [-0.2, -0.15) is 5.10 Å². The number of nitrogens with zero attached hydrogens (tertiary/aromatic N) is 2. The molecule has 0 aliphatic heterocycles. The van der Waals surface area contributed by atoms with Crippen molar-refractivity contribution >= 4 is 16.7 Å². The minimum Gasteiger partial charge on any atom is -0.294 e. The molecule has 0 amide bonds. The van der Waals surface area contributed by atoms with Gasteiger partial charge in [0, 0.05) is 17.5 Å². The Bertz CT molecular complexity index is 807. The largest absolute Gasteiger partial charge is 0.294 e. The van der Waals surface area contributed by atoms with E-state index in [0.717, 1.165) is 23.1 Å². The molecule has 0 aliphatic carbocycles. The first-order valence-electron chi connectivity index (χ1n) is 6.92. The van der Waals surface area contributed by atoms with Gasteiger partial charge in [-0.25, -0.2) is 4.39 Å². The van der Waals surface area contributed by atoms with Gasteiger partial charge < -0.3 is 0 Å². The van der Waals surface area contributed by atoms with Crippen molar-refractivity contribution in [3.8, 4) is 0 Å². The SMILES string of the molecule is CCn1nc(CC(=O)c2cccc(F)c2)c2ccccc21. The minimum atomic E-state index is -0.398. The highest BCUT2D eigenvalue weighted by Crippen LogP contribution is 2.20. The van der Waals surface area contributed by atoms with Crippen molar-refractivity contribution < 1.29 is 9.18 Å². The Morgan fingerprint density at radius 3 is 2.76 bits per heavy atom. The molecule has 0 aliphatic rings. The van der Waals surface area contributed by atoms with Gasteiger partial charge >= 0.3 is 0 Å². The summed E-state index contributed by atoms with van der Waals surface area (Å²) >= 11 is 0. The molecule has 0 saturated heterocycles. The Balaban J connectivity index is 1.97. The number of hydrogen-bond donors (Lipinski definition) is 0. The first kappa shape index (κ1) is 13.5. The molecule has 3 rings (SSSR count). The number of fused-ring (bicyclic) bond motifs is 1. The van der Waals surface area contributed by atoms with Crippen LogP contribution in [0.25, 0.3) is 10.9 Å². The van der Waals surface area contributed by atoms with Gasteiger partial charge in [0.2, 0.25) is 0 Å². The van der Waals surface area contributed by atoms with E-state index in [2.05, 4.69) is 5.10 Å². The van der Waals surface area contributed by atoms with Crippen LogP contribution in [0.3, 0.4) is 0 Å². The van der Waals surface area contributed by atoms with Crippen LogP contribution < -0.4 is 0 Å². The lowest BCUT2D eigenvalue weighted by Gasteiger charge is -1.99. The third-order valence-electron chi connectivity index (χ3n) is 3.51. The number of aromatic nitrogens is 2. The van der Waals surface area contributed by atoms with Crippen molar-refractivity contribution in [2.75, 3.05) is 0 Å². The Morgan fingerprint density at radius 2 is 2.00 bits per heavy atom. The van der Waals surface area contributed by atoms with E-state index < -0.39 is 5.82 Å². The van der Waals surface area contributed by atoms with Gasteiger partial charge in [-0.15, -0.1) is 0 Å². The summed E-state index contributed by atoms with van der Waals surface area (Å²) in [6, 6.07) is 13.6. The van der Waals surface area contributed by atoms with Crippen molar-refractivity contribution in [2.45, 2.75) is 19.9 Å². The van der Waals surface area contributed by atoms with Crippen LogP contribution in [-0.2, 0) is 13.0 Å². The number of carbonyl (C=O) groups excluding carboxylic acids is 1. The lowest BCUT2D eigenvalue weighted by molar-refractivity contribution is 0.0991. The van der Waals surface area contributed by atoms with E-state index in [0.29, 0.717) is 5.56 Å². The zero-order chi connectivity index (χ0) is 14.8. The van der Waals surface area contributed by atoms with Crippen molar-refractivity contribution in [3.05, 3.63) is 65.6 Å². The molecule has 106 valence electrons. The third kappa shape index (κ3) is 2.57. The number of para-hydroxylation sites is 1. The maximum Gasteiger partial charge on any atom is 0.169 e. The molecule has 0 radical (unpaired) electrons. The second-order valence-electron chi connectivity index (χ2n) is 4.89. The van der Waals surface area contributed by atoms with Gasteiger partial charge in [-0.05, 0) is 25.1 Å². The highest BCUT2D eigenvalue weighted by atomic mass is 19.1. The molecule has 3 nitrogen and oxygen atoms in total. The normalized spacial score (nSPS) is 11.0. The fraction of sp³-hybridized carbons (Fsp3) is 0.176. The average molecular weight is 282 g/mol. The highest BCUT2D eigenvalue weighted by Gasteiger charge is 2.14. The number of Topliss-reactive ketones (excluding diaryl/α,β-unsaturated/α-hetero) is 1.